The second-order valence-corrected chi connectivity index (χ2v) is 7.54. The van der Waals surface area contributed by atoms with E-state index < -0.39 is 12.0 Å². The van der Waals surface area contributed by atoms with Crippen molar-refractivity contribution in [2.75, 3.05) is 31.5 Å². The molecule has 0 bridgehead atoms. The van der Waals surface area contributed by atoms with E-state index in [1.807, 2.05) is 6.07 Å². The minimum Gasteiger partial charge on any atom is -0.493 e. The first-order valence-corrected chi connectivity index (χ1v) is 11.1. The molecule has 4 rings (SSSR count). The second-order valence-electron chi connectivity index (χ2n) is 7.54. The van der Waals surface area contributed by atoms with Crippen molar-refractivity contribution >= 4 is 34.3 Å². The Morgan fingerprint density at radius 1 is 0.833 bits per heavy atom. The molecule has 0 spiro atoms. The fourth-order valence-electron chi connectivity index (χ4n) is 3.50. The van der Waals surface area contributed by atoms with Crippen LogP contribution in [-0.2, 0) is 4.74 Å². The van der Waals surface area contributed by atoms with Crippen molar-refractivity contribution < 1.29 is 28.5 Å². The van der Waals surface area contributed by atoms with E-state index in [2.05, 4.69) is 15.6 Å². The maximum absolute atomic E-state index is 12.4. The van der Waals surface area contributed by atoms with Crippen molar-refractivity contribution in [3.05, 3.63) is 78.5 Å². The molecule has 0 saturated carbocycles. The van der Waals surface area contributed by atoms with E-state index in [4.69, 9.17) is 18.9 Å². The molecule has 4 aromatic rings. The van der Waals surface area contributed by atoms with Crippen LogP contribution in [0.15, 0.2) is 72.9 Å². The van der Waals surface area contributed by atoms with Gasteiger partial charge >= 0.3 is 12.0 Å². The Labute approximate surface area is 208 Å². The first-order chi connectivity index (χ1) is 17.5. The first-order valence-electron chi connectivity index (χ1n) is 11.1. The van der Waals surface area contributed by atoms with E-state index in [0.717, 1.165) is 5.39 Å². The summed E-state index contributed by atoms with van der Waals surface area (Å²) < 4.78 is 21.8. The van der Waals surface area contributed by atoms with Crippen LogP contribution in [0.2, 0.25) is 0 Å². The highest BCUT2D eigenvalue weighted by Crippen LogP contribution is 2.37. The highest BCUT2D eigenvalue weighted by Gasteiger charge is 2.12. The van der Waals surface area contributed by atoms with E-state index in [0.29, 0.717) is 45.5 Å². The predicted molar refractivity (Wildman–Crippen MR) is 136 cm³/mol. The summed E-state index contributed by atoms with van der Waals surface area (Å²) in [6.07, 6.45) is 1.65. The molecule has 0 aliphatic rings. The number of carbonyl (C=O) groups excluding carboxylic acids is 2. The van der Waals surface area contributed by atoms with Crippen LogP contribution in [0, 0.1) is 0 Å². The minimum atomic E-state index is -0.453. The molecule has 2 amide bonds. The quantitative estimate of drug-likeness (QED) is 0.300. The normalized spacial score (nSPS) is 10.4. The van der Waals surface area contributed by atoms with Gasteiger partial charge in [0.1, 0.15) is 11.5 Å². The van der Waals surface area contributed by atoms with Crippen molar-refractivity contribution in [2.24, 2.45) is 0 Å². The third-order valence-corrected chi connectivity index (χ3v) is 5.18. The fourth-order valence-corrected chi connectivity index (χ4v) is 3.50. The Morgan fingerprint density at radius 3 is 2.28 bits per heavy atom. The van der Waals surface area contributed by atoms with Crippen LogP contribution in [0.4, 0.5) is 16.2 Å². The van der Waals surface area contributed by atoms with E-state index in [1.54, 1.807) is 88.0 Å². The summed E-state index contributed by atoms with van der Waals surface area (Å²) in [6.45, 7) is 2.01. The Bertz CT molecular complexity index is 1390. The molecule has 0 saturated heterocycles. The Balaban J connectivity index is 1.43. The van der Waals surface area contributed by atoms with E-state index >= 15 is 0 Å². The third-order valence-electron chi connectivity index (χ3n) is 5.18. The summed E-state index contributed by atoms with van der Waals surface area (Å²) in [5.41, 5.74) is 2.09. The van der Waals surface area contributed by atoms with Crippen molar-refractivity contribution in [1.29, 1.82) is 0 Å². The number of esters is 1. The molecule has 1 aromatic heterocycles. The topological polar surface area (TPSA) is 108 Å². The lowest BCUT2D eigenvalue weighted by Gasteiger charge is -2.13. The number of methoxy groups -OCH3 is 2. The number of urea groups is 1. The van der Waals surface area contributed by atoms with Gasteiger partial charge in [-0.15, -0.1) is 0 Å². The van der Waals surface area contributed by atoms with Gasteiger partial charge in [-0.1, -0.05) is 6.07 Å². The molecule has 0 fully saturated rings. The number of pyridine rings is 1. The number of fused-ring (bicyclic) bond motifs is 1. The summed E-state index contributed by atoms with van der Waals surface area (Å²) in [5.74, 6) is 1.88. The van der Waals surface area contributed by atoms with Gasteiger partial charge in [0.2, 0.25) is 0 Å². The largest absolute Gasteiger partial charge is 0.493 e. The predicted octanol–water partition coefficient (Wildman–Crippen LogP) is 5.87. The van der Waals surface area contributed by atoms with Crippen LogP contribution in [0.5, 0.6) is 23.0 Å². The molecule has 184 valence electrons. The number of hydrogen-bond donors (Lipinski definition) is 2. The van der Waals surface area contributed by atoms with Gasteiger partial charge in [-0.3, -0.25) is 4.98 Å². The number of amides is 2. The number of hydrogen-bond acceptors (Lipinski definition) is 7. The average molecular weight is 488 g/mol. The van der Waals surface area contributed by atoms with Crippen LogP contribution in [-0.4, -0.2) is 37.8 Å². The van der Waals surface area contributed by atoms with Crippen LogP contribution in [0.3, 0.4) is 0 Å². The number of nitrogens with zero attached hydrogens (tertiary/aromatic N) is 1. The number of anilines is 2. The maximum atomic E-state index is 12.4. The summed E-state index contributed by atoms with van der Waals surface area (Å²) in [5, 5.41) is 6.22. The monoisotopic (exact) mass is 487 g/mol. The second kappa shape index (κ2) is 11.1. The van der Waals surface area contributed by atoms with Crippen LogP contribution in [0.1, 0.15) is 17.3 Å². The molecule has 3 aromatic carbocycles. The zero-order valence-electron chi connectivity index (χ0n) is 20.0. The summed E-state index contributed by atoms with van der Waals surface area (Å²) in [7, 11) is 3.14. The van der Waals surface area contributed by atoms with Crippen LogP contribution >= 0.6 is 0 Å². The summed E-state index contributed by atoms with van der Waals surface area (Å²) >= 11 is 0. The average Bonchev–Trinajstić information content (AvgIpc) is 2.89. The molecular formula is C27H25N3O6. The first kappa shape index (κ1) is 24.3. The third kappa shape index (κ3) is 5.64. The van der Waals surface area contributed by atoms with Crippen molar-refractivity contribution in [1.82, 2.24) is 4.98 Å². The molecule has 0 unspecified atom stereocenters. The highest BCUT2D eigenvalue weighted by molar-refractivity contribution is 6.00. The number of carbonyl (C=O) groups is 2. The molecule has 9 nitrogen and oxygen atoms in total. The molecule has 0 atom stereocenters. The van der Waals surface area contributed by atoms with Gasteiger partial charge in [-0.25, -0.2) is 9.59 Å². The molecule has 2 N–H and O–H groups in total. The van der Waals surface area contributed by atoms with Gasteiger partial charge < -0.3 is 29.6 Å². The van der Waals surface area contributed by atoms with Crippen molar-refractivity contribution in [3.8, 4) is 23.0 Å². The van der Waals surface area contributed by atoms with Crippen LogP contribution < -0.4 is 24.8 Å². The van der Waals surface area contributed by atoms with Crippen LogP contribution in [0.25, 0.3) is 10.9 Å². The Hall–Kier alpha value is -4.79. The molecule has 0 aliphatic heterocycles. The molecule has 36 heavy (non-hydrogen) atoms. The zero-order valence-corrected chi connectivity index (χ0v) is 20.0. The fraction of sp³-hybridized carbons (Fsp3) is 0.148. The summed E-state index contributed by atoms with van der Waals surface area (Å²) in [4.78, 5) is 28.7. The number of rotatable bonds is 8. The highest BCUT2D eigenvalue weighted by atomic mass is 16.5. The van der Waals surface area contributed by atoms with Crippen molar-refractivity contribution in [2.45, 2.75) is 6.92 Å². The lowest BCUT2D eigenvalue weighted by atomic mass is 10.2. The van der Waals surface area contributed by atoms with Gasteiger partial charge in [0.25, 0.3) is 0 Å². The molecule has 9 heteroatoms. The molecule has 1 heterocycles. The Kier molecular flexibility index (Phi) is 7.50. The van der Waals surface area contributed by atoms with Gasteiger partial charge in [0, 0.05) is 29.0 Å². The SMILES string of the molecule is CCOC(=O)c1cccc(NC(=O)Nc2ccc(Oc3ccnc4cc(OC)c(OC)cc34)cc2)c1. The number of benzene rings is 3. The maximum Gasteiger partial charge on any atom is 0.338 e. The van der Waals surface area contributed by atoms with E-state index in [9.17, 15) is 9.59 Å². The minimum absolute atomic E-state index is 0.275. The van der Waals surface area contributed by atoms with E-state index in [-0.39, 0.29) is 6.61 Å². The smallest absolute Gasteiger partial charge is 0.338 e. The number of nitrogens with one attached hydrogen (secondary N) is 2. The summed E-state index contributed by atoms with van der Waals surface area (Å²) in [6, 6.07) is 18.4. The lowest BCUT2D eigenvalue weighted by molar-refractivity contribution is 0.0526. The standard InChI is InChI=1S/C27H25N3O6/c1-4-35-26(31)17-6-5-7-19(14-17)30-27(32)29-18-8-10-20(11-9-18)36-23-12-13-28-22-16-25(34-3)24(33-2)15-21(22)23/h5-16H,4H2,1-3H3,(H2,29,30,32). The van der Waals surface area contributed by atoms with Gasteiger partial charge in [0.05, 0.1) is 31.9 Å². The molecule has 0 aliphatic carbocycles. The van der Waals surface area contributed by atoms with Crippen molar-refractivity contribution in [3.63, 3.8) is 0 Å². The zero-order chi connectivity index (χ0) is 25.5. The van der Waals surface area contributed by atoms with E-state index in [1.165, 1.54) is 0 Å². The number of aromatic nitrogens is 1. The Morgan fingerprint density at radius 2 is 1.56 bits per heavy atom. The lowest BCUT2D eigenvalue weighted by Crippen LogP contribution is -2.19. The molecule has 0 radical (unpaired) electrons. The van der Waals surface area contributed by atoms with Gasteiger partial charge in [-0.05, 0) is 61.5 Å². The number of ether oxygens (including phenoxy) is 4. The van der Waals surface area contributed by atoms with Gasteiger partial charge in [-0.2, -0.15) is 0 Å². The molecular weight excluding hydrogens is 462 g/mol. The van der Waals surface area contributed by atoms with Gasteiger partial charge in [0.15, 0.2) is 11.5 Å².